The van der Waals surface area contributed by atoms with E-state index in [0.717, 1.165) is 39.0 Å². The zero-order valence-electron chi connectivity index (χ0n) is 19.1. The van der Waals surface area contributed by atoms with Crippen molar-refractivity contribution < 1.29 is 12.8 Å². The monoisotopic (exact) mass is 466 g/mol. The third-order valence-electron chi connectivity index (χ3n) is 5.51. The largest absolute Gasteiger partial charge is 0.383 e. The molecule has 33 heavy (non-hydrogen) atoms. The highest BCUT2D eigenvalue weighted by molar-refractivity contribution is 7.89. The van der Waals surface area contributed by atoms with Crippen LogP contribution in [-0.2, 0) is 10.0 Å². The van der Waals surface area contributed by atoms with Crippen molar-refractivity contribution in [3.63, 3.8) is 0 Å². The first-order valence-corrected chi connectivity index (χ1v) is 12.2. The summed E-state index contributed by atoms with van der Waals surface area (Å²) >= 11 is 0. The van der Waals surface area contributed by atoms with Crippen LogP contribution in [-0.4, -0.2) is 30.8 Å². The van der Waals surface area contributed by atoms with E-state index in [1.54, 1.807) is 23.0 Å². The maximum absolute atomic E-state index is 13.3. The molecular formula is C25H27FN4O2S. The lowest BCUT2D eigenvalue weighted by atomic mass is 10.1. The van der Waals surface area contributed by atoms with Gasteiger partial charge in [0.25, 0.3) is 0 Å². The number of aryl methyl sites for hydroxylation is 3. The molecule has 0 aliphatic carbocycles. The number of hydrogen-bond donors (Lipinski definition) is 2. The van der Waals surface area contributed by atoms with E-state index < -0.39 is 10.0 Å². The summed E-state index contributed by atoms with van der Waals surface area (Å²) in [4.78, 5) is 0.336. The number of hydrogen-bond acceptors (Lipinski definition) is 4. The lowest BCUT2D eigenvalue weighted by Gasteiger charge is -2.18. The number of benzene rings is 3. The van der Waals surface area contributed by atoms with Gasteiger partial charge in [-0.05, 0) is 75.2 Å². The van der Waals surface area contributed by atoms with Gasteiger partial charge in [0.1, 0.15) is 5.82 Å². The number of rotatable bonds is 7. The Labute approximate surface area is 193 Å². The molecule has 6 nitrogen and oxygen atoms in total. The Morgan fingerprint density at radius 1 is 1.03 bits per heavy atom. The van der Waals surface area contributed by atoms with E-state index >= 15 is 0 Å². The highest BCUT2D eigenvalue weighted by Crippen LogP contribution is 2.26. The van der Waals surface area contributed by atoms with Gasteiger partial charge in [-0.1, -0.05) is 23.8 Å². The minimum atomic E-state index is -3.66. The van der Waals surface area contributed by atoms with E-state index in [-0.39, 0.29) is 11.9 Å². The Kier molecular flexibility index (Phi) is 6.23. The molecule has 3 aromatic carbocycles. The average molecular weight is 467 g/mol. The van der Waals surface area contributed by atoms with Gasteiger partial charge in [0.15, 0.2) is 0 Å². The topological polar surface area (TPSA) is 76.0 Å². The zero-order valence-corrected chi connectivity index (χ0v) is 19.9. The van der Waals surface area contributed by atoms with Crippen LogP contribution in [0.3, 0.4) is 0 Å². The van der Waals surface area contributed by atoms with Gasteiger partial charge in [0.05, 0.1) is 22.3 Å². The van der Waals surface area contributed by atoms with Crippen molar-refractivity contribution in [1.29, 1.82) is 0 Å². The molecule has 0 fully saturated rings. The van der Waals surface area contributed by atoms with Crippen LogP contribution >= 0.6 is 0 Å². The minimum absolute atomic E-state index is 0.301. The second kappa shape index (κ2) is 8.96. The second-order valence-electron chi connectivity index (χ2n) is 8.40. The minimum Gasteiger partial charge on any atom is -0.383 e. The van der Waals surface area contributed by atoms with Gasteiger partial charge in [-0.2, -0.15) is 5.10 Å². The van der Waals surface area contributed by atoms with Crippen molar-refractivity contribution >= 4 is 26.6 Å². The number of anilines is 1. The Balaban J connectivity index is 1.51. The molecule has 0 bridgehead atoms. The van der Waals surface area contributed by atoms with Crippen molar-refractivity contribution in [2.75, 3.05) is 11.9 Å². The predicted octanol–water partition coefficient (Wildman–Crippen LogP) is 4.87. The number of aromatic nitrogens is 2. The molecule has 0 saturated heterocycles. The predicted molar refractivity (Wildman–Crippen MR) is 130 cm³/mol. The maximum atomic E-state index is 13.3. The summed E-state index contributed by atoms with van der Waals surface area (Å²) in [5, 5.41) is 8.68. The van der Waals surface area contributed by atoms with E-state index in [2.05, 4.69) is 15.1 Å². The highest BCUT2D eigenvalue weighted by atomic mass is 32.2. The molecule has 0 saturated carbocycles. The van der Waals surface area contributed by atoms with Crippen LogP contribution in [0.4, 0.5) is 10.1 Å². The quantitative estimate of drug-likeness (QED) is 0.408. The lowest BCUT2D eigenvalue weighted by Crippen LogP contribution is -2.38. The third-order valence-corrected chi connectivity index (χ3v) is 7.41. The van der Waals surface area contributed by atoms with E-state index in [1.807, 2.05) is 58.0 Å². The summed E-state index contributed by atoms with van der Waals surface area (Å²) in [6.45, 7) is 7.80. The Bertz CT molecular complexity index is 1390. The lowest BCUT2D eigenvalue weighted by molar-refractivity contribution is 0.564. The van der Waals surface area contributed by atoms with Crippen LogP contribution in [0.2, 0.25) is 0 Å². The molecule has 1 unspecified atom stereocenters. The molecule has 1 atom stereocenters. The molecule has 8 heteroatoms. The summed E-state index contributed by atoms with van der Waals surface area (Å²) < 4.78 is 43.9. The van der Waals surface area contributed by atoms with Gasteiger partial charge in [0.2, 0.25) is 10.0 Å². The summed E-state index contributed by atoms with van der Waals surface area (Å²) in [5.74, 6) is -0.301. The molecule has 0 spiro atoms. The van der Waals surface area contributed by atoms with Gasteiger partial charge in [-0.15, -0.1) is 0 Å². The van der Waals surface area contributed by atoms with Gasteiger partial charge < -0.3 is 5.32 Å². The molecule has 0 radical (unpaired) electrons. The fourth-order valence-corrected chi connectivity index (χ4v) is 5.91. The van der Waals surface area contributed by atoms with Crippen molar-refractivity contribution in [1.82, 2.24) is 14.5 Å². The summed E-state index contributed by atoms with van der Waals surface area (Å²) in [5.41, 5.74) is 4.97. The van der Waals surface area contributed by atoms with Crippen molar-refractivity contribution in [3.05, 3.63) is 83.3 Å². The maximum Gasteiger partial charge on any atom is 0.241 e. The Hall–Kier alpha value is -3.23. The standard InChI is InChI=1S/C25H27FN4O2S/c1-16-12-17(2)25(18(3)13-16)33(31,32)29-19(4)14-27-23-6-5-7-24-22(23)15-28-30(24)21-10-8-20(26)9-11-21/h5-13,15,19,27,29H,14H2,1-4H3. The fourth-order valence-electron chi connectivity index (χ4n) is 4.21. The van der Waals surface area contributed by atoms with Crippen LogP contribution < -0.4 is 10.0 Å². The SMILES string of the molecule is Cc1cc(C)c(S(=O)(=O)NC(C)CNc2cccc3c2cnn3-c2ccc(F)cc2)c(C)c1. The van der Waals surface area contributed by atoms with Crippen LogP contribution in [0.15, 0.2) is 65.7 Å². The molecule has 4 rings (SSSR count). The van der Waals surface area contributed by atoms with Gasteiger partial charge >= 0.3 is 0 Å². The number of sulfonamides is 1. The summed E-state index contributed by atoms with van der Waals surface area (Å²) in [6, 6.07) is 15.3. The first kappa shape index (κ1) is 22.9. The van der Waals surface area contributed by atoms with Crippen LogP contribution in [0.25, 0.3) is 16.6 Å². The van der Waals surface area contributed by atoms with Crippen molar-refractivity contribution in [3.8, 4) is 5.69 Å². The molecule has 172 valence electrons. The third kappa shape index (κ3) is 4.77. The van der Waals surface area contributed by atoms with Crippen LogP contribution in [0.1, 0.15) is 23.6 Å². The number of fused-ring (bicyclic) bond motifs is 1. The number of nitrogens with one attached hydrogen (secondary N) is 2. The van der Waals surface area contributed by atoms with E-state index in [1.165, 1.54) is 12.1 Å². The van der Waals surface area contributed by atoms with Gasteiger partial charge in [0, 0.05) is 23.7 Å². The molecule has 1 aromatic heterocycles. The van der Waals surface area contributed by atoms with Crippen LogP contribution in [0.5, 0.6) is 0 Å². The molecule has 0 aliphatic heterocycles. The average Bonchev–Trinajstić information content (AvgIpc) is 3.16. The molecular weight excluding hydrogens is 439 g/mol. The first-order valence-electron chi connectivity index (χ1n) is 10.7. The normalized spacial score (nSPS) is 12.8. The Morgan fingerprint density at radius 2 is 1.70 bits per heavy atom. The molecule has 0 aliphatic rings. The van der Waals surface area contributed by atoms with Gasteiger partial charge in [-0.25, -0.2) is 22.2 Å². The molecule has 4 aromatic rings. The number of halogens is 1. The molecule has 1 heterocycles. The van der Waals surface area contributed by atoms with E-state index in [4.69, 9.17) is 0 Å². The zero-order chi connectivity index (χ0) is 23.8. The summed E-state index contributed by atoms with van der Waals surface area (Å²) in [6.07, 6.45) is 1.74. The van der Waals surface area contributed by atoms with E-state index in [9.17, 15) is 12.8 Å². The smallest absolute Gasteiger partial charge is 0.241 e. The highest BCUT2D eigenvalue weighted by Gasteiger charge is 2.22. The molecule has 0 amide bonds. The van der Waals surface area contributed by atoms with E-state index in [0.29, 0.717) is 11.4 Å². The van der Waals surface area contributed by atoms with Crippen molar-refractivity contribution in [2.45, 2.75) is 38.6 Å². The Morgan fingerprint density at radius 3 is 2.36 bits per heavy atom. The molecule has 2 N–H and O–H groups in total. The van der Waals surface area contributed by atoms with Gasteiger partial charge in [-0.3, -0.25) is 0 Å². The second-order valence-corrected chi connectivity index (χ2v) is 10.1. The first-order chi connectivity index (χ1) is 15.7. The fraction of sp³-hybridized carbons (Fsp3) is 0.240. The summed E-state index contributed by atoms with van der Waals surface area (Å²) in [7, 11) is -3.66. The van der Waals surface area contributed by atoms with Crippen LogP contribution in [0, 0.1) is 26.6 Å². The van der Waals surface area contributed by atoms with Crippen molar-refractivity contribution in [2.24, 2.45) is 0 Å². The number of nitrogens with zero attached hydrogens (tertiary/aromatic N) is 2.